The van der Waals surface area contributed by atoms with Crippen LogP contribution in [0.1, 0.15) is 17.9 Å². The molecule has 0 aliphatic carbocycles. The summed E-state index contributed by atoms with van der Waals surface area (Å²) in [6.45, 7) is 0. The molecule has 5 nitrogen and oxygen atoms in total. The zero-order chi connectivity index (χ0) is 20.1. The number of allylic oxidation sites excluding steroid dienone is 1. The average Bonchev–Trinajstić information content (AvgIpc) is 2.68. The first-order valence-electron chi connectivity index (χ1n) is 8.34. The number of nitriles is 1. The molecule has 0 fully saturated rings. The second kappa shape index (κ2) is 8.91. The second-order valence-electron chi connectivity index (χ2n) is 6.05. The summed E-state index contributed by atoms with van der Waals surface area (Å²) in [4.78, 5) is 24.3. The van der Waals surface area contributed by atoms with Crippen LogP contribution in [0.4, 0.5) is 10.1 Å². The molecule has 2 amide bonds. The molecule has 3 rings (SSSR count). The molecular formula is C20H15ClFN3O2S. The minimum absolute atomic E-state index is 0.0134. The molecule has 0 unspecified atom stereocenters. The van der Waals surface area contributed by atoms with Gasteiger partial charge in [0.15, 0.2) is 0 Å². The monoisotopic (exact) mass is 415 g/mol. The highest BCUT2D eigenvalue weighted by molar-refractivity contribution is 8.03. The van der Waals surface area contributed by atoms with Gasteiger partial charge in [-0.05, 0) is 42.0 Å². The molecule has 1 heterocycles. The summed E-state index contributed by atoms with van der Waals surface area (Å²) in [5.41, 5.74) is 1.63. The zero-order valence-corrected chi connectivity index (χ0v) is 16.1. The molecule has 28 heavy (non-hydrogen) atoms. The van der Waals surface area contributed by atoms with Gasteiger partial charge in [-0.3, -0.25) is 9.59 Å². The van der Waals surface area contributed by atoms with Crippen LogP contribution in [-0.4, -0.2) is 17.6 Å². The Morgan fingerprint density at radius 1 is 1.25 bits per heavy atom. The number of halogens is 2. The smallest absolute Gasteiger partial charge is 0.234 e. The molecular weight excluding hydrogens is 401 g/mol. The predicted molar refractivity (Wildman–Crippen MR) is 107 cm³/mol. The van der Waals surface area contributed by atoms with E-state index in [0.717, 1.165) is 11.8 Å². The highest BCUT2D eigenvalue weighted by atomic mass is 35.5. The molecule has 0 saturated carbocycles. The number of nitrogens with zero attached hydrogens (tertiary/aromatic N) is 1. The van der Waals surface area contributed by atoms with Gasteiger partial charge < -0.3 is 10.6 Å². The number of benzene rings is 2. The number of anilines is 1. The third kappa shape index (κ3) is 4.91. The number of hydrogen-bond acceptors (Lipinski definition) is 4. The van der Waals surface area contributed by atoms with Gasteiger partial charge in [0.1, 0.15) is 5.82 Å². The van der Waals surface area contributed by atoms with Crippen LogP contribution in [0.25, 0.3) is 0 Å². The Hall–Kier alpha value is -2.82. The van der Waals surface area contributed by atoms with Gasteiger partial charge in [0.05, 0.1) is 22.4 Å². The Labute approximate surface area is 170 Å². The van der Waals surface area contributed by atoms with Crippen molar-refractivity contribution in [3.63, 3.8) is 0 Å². The molecule has 0 aromatic heterocycles. The van der Waals surface area contributed by atoms with Gasteiger partial charge in [-0.25, -0.2) is 4.39 Å². The summed E-state index contributed by atoms with van der Waals surface area (Å²) < 4.78 is 13.2. The summed E-state index contributed by atoms with van der Waals surface area (Å²) in [5.74, 6) is -1.38. The summed E-state index contributed by atoms with van der Waals surface area (Å²) >= 11 is 6.89. The summed E-state index contributed by atoms with van der Waals surface area (Å²) in [7, 11) is 0. The van der Waals surface area contributed by atoms with Crippen molar-refractivity contribution in [2.45, 2.75) is 12.3 Å². The normalized spacial score (nSPS) is 16.3. The van der Waals surface area contributed by atoms with E-state index in [4.69, 9.17) is 11.6 Å². The molecule has 142 valence electrons. The zero-order valence-electron chi connectivity index (χ0n) is 14.5. The largest absolute Gasteiger partial charge is 0.325 e. The summed E-state index contributed by atoms with van der Waals surface area (Å²) in [5, 5.41) is 15.9. The van der Waals surface area contributed by atoms with E-state index in [1.807, 2.05) is 0 Å². The first-order chi connectivity index (χ1) is 13.5. The molecule has 0 radical (unpaired) electrons. The fourth-order valence-corrected chi connectivity index (χ4v) is 3.78. The van der Waals surface area contributed by atoms with Gasteiger partial charge in [0.2, 0.25) is 11.8 Å². The Kier molecular flexibility index (Phi) is 6.34. The van der Waals surface area contributed by atoms with Crippen LogP contribution in [-0.2, 0) is 9.59 Å². The van der Waals surface area contributed by atoms with Crippen molar-refractivity contribution in [1.82, 2.24) is 5.32 Å². The van der Waals surface area contributed by atoms with E-state index in [2.05, 4.69) is 16.7 Å². The molecule has 1 aliphatic heterocycles. The van der Waals surface area contributed by atoms with Crippen LogP contribution in [0.15, 0.2) is 59.1 Å². The minimum atomic E-state index is -0.471. The van der Waals surface area contributed by atoms with Gasteiger partial charge >= 0.3 is 0 Å². The van der Waals surface area contributed by atoms with Crippen LogP contribution in [0.2, 0.25) is 5.02 Å². The van der Waals surface area contributed by atoms with Crippen molar-refractivity contribution in [1.29, 1.82) is 5.26 Å². The maximum Gasteiger partial charge on any atom is 0.234 e. The number of nitrogens with one attached hydrogen (secondary N) is 2. The van der Waals surface area contributed by atoms with E-state index in [9.17, 15) is 19.2 Å². The predicted octanol–water partition coefficient (Wildman–Crippen LogP) is 4.19. The summed E-state index contributed by atoms with van der Waals surface area (Å²) in [6.07, 6.45) is 0.0928. The number of carbonyl (C=O) groups is 2. The van der Waals surface area contributed by atoms with Crippen molar-refractivity contribution in [3.05, 3.63) is 75.5 Å². The molecule has 1 atom stereocenters. The molecule has 0 bridgehead atoms. The first-order valence-corrected chi connectivity index (χ1v) is 9.70. The van der Waals surface area contributed by atoms with Gasteiger partial charge in [0.25, 0.3) is 0 Å². The van der Waals surface area contributed by atoms with Crippen molar-refractivity contribution < 1.29 is 14.0 Å². The van der Waals surface area contributed by atoms with Gasteiger partial charge in [0, 0.05) is 23.0 Å². The number of rotatable bonds is 5. The lowest BCUT2D eigenvalue weighted by Crippen LogP contribution is -2.31. The van der Waals surface area contributed by atoms with E-state index in [0.29, 0.717) is 26.9 Å². The minimum Gasteiger partial charge on any atom is -0.325 e. The number of hydrogen-bond donors (Lipinski definition) is 2. The molecule has 2 aromatic carbocycles. The number of amides is 2. The maximum atomic E-state index is 13.2. The van der Waals surface area contributed by atoms with E-state index in [-0.39, 0.29) is 29.8 Å². The van der Waals surface area contributed by atoms with E-state index in [1.165, 1.54) is 12.1 Å². The number of carbonyl (C=O) groups excluding carboxylic acids is 2. The quantitative estimate of drug-likeness (QED) is 0.767. The highest BCUT2D eigenvalue weighted by Crippen LogP contribution is 2.35. The van der Waals surface area contributed by atoms with Crippen LogP contribution < -0.4 is 10.6 Å². The van der Waals surface area contributed by atoms with Gasteiger partial charge in [-0.15, -0.1) is 0 Å². The molecule has 2 N–H and O–H groups in total. The third-order valence-electron chi connectivity index (χ3n) is 4.10. The molecule has 1 aliphatic rings. The van der Waals surface area contributed by atoms with Gasteiger partial charge in [-0.1, -0.05) is 35.5 Å². The fourth-order valence-electron chi connectivity index (χ4n) is 2.78. The van der Waals surface area contributed by atoms with Crippen LogP contribution in [0.3, 0.4) is 0 Å². The SMILES string of the molecule is N#CC1=C(SCC(=O)Nc2ccc(Cl)cc2)NC(=O)C[C@@H]1c1ccc(F)cc1. The maximum absolute atomic E-state index is 13.2. The number of thioether (sulfide) groups is 1. The Balaban J connectivity index is 1.73. The van der Waals surface area contributed by atoms with Crippen LogP contribution >= 0.6 is 23.4 Å². The van der Waals surface area contributed by atoms with Crippen LogP contribution in [0, 0.1) is 17.1 Å². The van der Waals surface area contributed by atoms with Crippen molar-refractivity contribution >= 4 is 40.9 Å². The standard InChI is InChI=1S/C20H15ClFN3O2S/c21-13-3-7-15(8-4-13)24-19(27)11-28-20-17(10-23)16(9-18(26)25-20)12-1-5-14(22)6-2-12/h1-8,16H,9,11H2,(H,24,27)(H,25,26)/t16-/m1/s1. The van der Waals surface area contributed by atoms with Crippen LogP contribution in [0.5, 0.6) is 0 Å². The first kappa shape index (κ1) is 19.9. The second-order valence-corrected chi connectivity index (χ2v) is 7.48. The highest BCUT2D eigenvalue weighted by Gasteiger charge is 2.29. The van der Waals surface area contributed by atoms with Crippen molar-refractivity contribution in [2.75, 3.05) is 11.1 Å². The Bertz CT molecular complexity index is 968. The van der Waals surface area contributed by atoms with Crippen molar-refractivity contribution in [2.24, 2.45) is 0 Å². The van der Waals surface area contributed by atoms with E-state index < -0.39 is 5.92 Å². The molecule has 0 spiro atoms. The van der Waals surface area contributed by atoms with Gasteiger partial charge in [-0.2, -0.15) is 5.26 Å². The fraction of sp³-hybridized carbons (Fsp3) is 0.150. The van der Waals surface area contributed by atoms with Crippen molar-refractivity contribution in [3.8, 4) is 6.07 Å². The Morgan fingerprint density at radius 2 is 1.93 bits per heavy atom. The molecule has 2 aromatic rings. The summed E-state index contributed by atoms with van der Waals surface area (Å²) in [6, 6.07) is 14.5. The lowest BCUT2D eigenvalue weighted by Gasteiger charge is -2.25. The third-order valence-corrected chi connectivity index (χ3v) is 5.37. The topological polar surface area (TPSA) is 82.0 Å². The van der Waals surface area contributed by atoms with E-state index in [1.54, 1.807) is 36.4 Å². The van der Waals surface area contributed by atoms with E-state index >= 15 is 0 Å². The molecule has 0 saturated heterocycles. The lowest BCUT2D eigenvalue weighted by molar-refractivity contribution is -0.121. The lowest BCUT2D eigenvalue weighted by atomic mass is 9.87. The molecule has 8 heteroatoms. The Morgan fingerprint density at radius 3 is 2.57 bits per heavy atom. The average molecular weight is 416 g/mol.